The van der Waals surface area contributed by atoms with Gasteiger partial charge in [-0.25, -0.2) is 14.8 Å². The number of likely N-dealkylation sites (tertiary alicyclic amines) is 1. The molecular formula is C17H24ClN5O2. The smallest absolute Gasteiger partial charge is 0.407 e. The van der Waals surface area contributed by atoms with Crippen molar-refractivity contribution in [3.8, 4) is 0 Å². The van der Waals surface area contributed by atoms with Gasteiger partial charge < -0.3 is 15.0 Å². The van der Waals surface area contributed by atoms with Crippen LogP contribution in [-0.4, -0.2) is 50.7 Å². The molecule has 7 nitrogen and oxygen atoms in total. The van der Waals surface area contributed by atoms with Crippen LogP contribution in [0.3, 0.4) is 0 Å². The minimum Gasteiger partial charge on any atom is -0.444 e. The fraction of sp³-hybridized carbons (Fsp3) is 0.588. The first-order valence-corrected chi connectivity index (χ1v) is 8.88. The van der Waals surface area contributed by atoms with Gasteiger partial charge in [0, 0.05) is 31.9 Å². The Bertz CT molecular complexity index is 747. The Hall–Kier alpha value is -1.86. The van der Waals surface area contributed by atoms with E-state index in [-0.39, 0.29) is 12.1 Å². The molecule has 3 heterocycles. The maximum absolute atomic E-state index is 11.9. The van der Waals surface area contributed by atoms with Crippen LogP contribution in [0.25, 0.3) is 11.0 Å². The third-order valence-electron chi connectivity index (χ3n) is 4.21. The maximum atomic E-state index is 11.9. The molecule has 0 aliphatic carbocycles. The number of nitrogens with one attached hydrogen (secondary N) is 2. The molecule has 0 radical (unpaired) electrons. The number of ether oxygens (including phenoxy) is 1. The van der Waals surface area contributed by atoms with Crippen LogP contribution in [0.4, 0.5) is 4.79 Å². The zero-order valence-corrected chi connectivity index (χ0v) is 15.6. The lowest BCUT2D eigenvalue weighted by Gasteiger charge is -2.32. The summed E-state index contributed by atoms with van der Waals surface area (Å²) in [5, 5.41) is 4.32. The van der Waals surface area contributed by atoms with E-state index in [1.54, 1.807) is 0 Å². The molecule has 1 aliphatic heterocycles. The van der Waals surface area contributed by atoms with Gasteiger partial charge in [-0.1, -0.05) is 11.6 Å². The number of carbonyl (C=O) groups excluding carboxylic acids is 1. The maximum Gasteiger partial charge on any atom is 0.407 e. The van der Waals surface area contributed by atoms with Crippen LogP contribution in [0, 0.1) is 0 Å². The van der Waals surface area contributed by atoms with Gasteiger partial charge in [-0.2, -0.15) is 0 Å². The highest BCUT2D eigenvalue weighted by molar-refractivity contribution is 6.34. The molecule has 2 aromatic rings. The van der Waals surface area contributed by atoms with Crippen molar-refractivity contribution in [2.75, 3.05) is 13.1 Å². The lowest BCUT2D eigenvalue weighted by atomic mass is 10.0. The number of hydrogen-bond donors (Lipinski definition) is 2. The number of aromatic nitrogens is 3. The van der Waals surface area contributed by atoms with E-state index in [2.05, 4.69) is 25.2 Å². The van der Waals surface area contributed by atoms with Gasteiger partial charge in [0.05, 0.1) is 5.39 Å². The number of halogens is 1. The van der Waals surface area contributed by atoms with Crippen LogP contribution in [0.5, 0.6) is 0 Å². The van der Waals surface area contributed by atoms with Crippen molar-refractivity contribution in [1.82, 2.24) is 25.2 Å². The number of nitrogens with zero attached hydrogens (tertiary/aromatic N) is 3. The monoisotopic (exact) mass is 365 g/mol. The van der Waals surface area contributed by atoms with Crippen molar-refractivity contribution < 1.29 is 9.53 Å². The Morgan fingerprint density at radius 1 is 1.40 bits per heavy atom. The standard InChI is InChI=1S/C17H24ClN5O2/c1-17(2,3)25-16(24)22-12-4-6-23(7-5-12)9-11-8-19-15-13(11)14(18)20-10-21-15/h8,10,12H,4-7,9H2,1-3H3,(H,22,24)(H,19,20,21). The van der Waals surface area contributed by atoms with Crippen LogP contribution in [-0.2, 0) is 11.3 Å². The summed E-state index contributed by atoms with van der Waals surface area (Å²) in [5.41, 5.74) is 1.39. The molecule has 1 fully saturated rings. The first-order valence-electron chi connectivity index (χ1n) is 8.50. The predicted octanol–water partition coefficient (Wildman–Crippen LogP) is 3.10. The Labute approximate surface area is 152 Å². The summed E-state index contributed by atoms with van der Waals surface area (Å²) >= 11 is 6.20. The normalized spacial score (nSPS) is 17.0. The van der Waals surface area contributed by atoms with Crippen molar-refractivity contribution in [3.05, 3.63) is 23.2 Å². The fourth-order valence-corrected chi connectivity index (χ4v) is 3.32. The van der Waals surface area contributed by atoms with Gasteiger partial charge in [0.2, 0.25) is 0 Å². The van der Waals surface area contributed by atoms with Crippen LogP contribution in [0.15, 0.2) is 12.5 Å². The molecule has 0 aromatic carbocycles. The molecular weight excluding hydrogens is 342 g/mol. The van der Waals surface area contributed by atoms with Crippen molar-refractivity contribution in [1.29, 1.82) is 0 Å². The van der Waals surface area contributed by atoms with Crippen molar-refractivity contribution in [2.24, 2.45) is 0 Å². The molecule has 2 aromatic heterocycles. The minimum atomic E-state index is -0.471. The van der Waals surface area contributed by atoms with Crippen LogP contribution < -0.4 is 5.32 Å². The average Bonchev–Trinajstić information content (AvgIpc) is 2.92. The number of amides is 1. The number of hydrogen-bond acceptors (Lipinski definition) is 5. The van der Waals surface area contributed by atoms with Crippen LogP contribution in [0.1, 0.15) is 39.2 Å². The molecule has 2 N–H and O–H groups in total. The third-order valence-corrected chi connectivity index (χ3v) is 4.49. The van der Waals surface area contributed by atoms with Gasteiger partial charge in [-0.05, 0) is 39.2 Å². The van der Waals surface area contributed by atoms with Gasteiger partial charge in [-0.3, -0.25) is 4.90 Å². The van der Waals surface area contributed by atoms with E-state index in [0.29, 0.717) is 5.15 Å². The summed E-state index contributed by atoms with van der Waals surface area (Å²) in [6.07, 6.45) is 4.85. The van der Waals surface area contributed by atoms with Crippen LogP contribution >= 0.6 is 11.6 Å². The number of carbonyl (C=O) groups is 1. The summed E-state index contributed by atoms with van der Waals surface area (Å²) in [6.45, 7) is 8.19. The predicted molar refractivity (Wildman–Crippen MR) is 96.6 cm³/mol. The minimum absolute atomic E-state index is 0.154. The molecule has 0 saturated carbocycles. The lowest BCUT2D eigenvalue weighted by molar-refractivity contribution is 0.0477. The van der Waals surface area contributed by atoms with Crippen LogP contribution in [0.2, 0.25) is 5.15 Å². The molecule has 3 rings (SSSR count). The second-order valence-corrected chi connectivity index (χ2v) is 7.76. The van der Waals surface area contributed by atoms with Gasteiger partial charge in [-0.15, -0.1) is 0 Å². The highest BCUT2D eigenvalue weighted by Crippen LogP contribution is 2.25. The van der Waals surface area contributed by atoms with E-state index in [1.165, 1.54) is 6.33 Å². The number of fused-ring (bicyclic) bond motifs is 1. The van der Waals surface area contributed by atoms with Crippen molar-refractivity contribution in [2.45, 2.75) is 51.8 Å². The van der Waals surface area contributed by atoms with E-state index in [4.69, 9.17) is 16.3 Å². The molecule has 0 atom stereocenters. The molecule has 25 heavy (non-hydrogen) atoms. The molecule has 0 bridgehead atoms. The Kier molecular flexibility index (Phi) is 5.15. The first kappa shape index (κ1) is 17.9. The first-order chi connectivity index (χ1) is 11.8. The van der Waals surface area contributed by atoms with E-state index >= 15 is 0 Å². The molecule has 0 spiro atoms. The summed E-state index contributed by atoms with van der Waals surface area (Å²) in [6, 6.07) is 0.154. The van der Waals surface area contributed by atoms with Crippen molar-refractivity contribution in [3.63, 3.8) is 0 Å². The zero-order chi connectivity index (χ0) is 18.0. The fourth-order valence-electron chi connectivity index (χ4n) is 3.06. The summed E-state index contributed by atoms with van der Waals surface area (Å²) < 4.78 is 5.32. The van der Waals surface area contributed by atoms with E-state index in [0.717, 1.165) is 49.1 Å². The SMILES string of the molecule is CC(C)(C)OC(=O)NC1CCN(Cc2c[nH]c3ncnc(Cl)c23)CC1. The third kappa shape index (κ3) is 4.61. The second-order valence-electron chi connectivity index (χ2n) is 7.40. The molecule has 1 amide bonds. The van der Waals surface area contributed by atoms with Gasteiger partial charge >= 0.3 is 6.09 Å². The average molecular weight is 366 g/mol. The molecule has 1 aliphatic rings. The second kappa shape index (κ2) is 7.17. The molecule has 1 saturated heterocycles. The molecule has 136 valence electrons. The Balaban J connectivity index is 1.53. The van der Waals surface area contributed by atoms with Gasteiger partial charge in [0.25, 0.3) is 0 Å². The number of alkyl carbamates (subject to hydrolysis) is 1. The van der Waals surface area contributed by atoms with E-state index in [1.807, 2.05) is 27.0 Å². The van der Waals surface area contributed by atoms with E-state index < -0.39 is 5.60 Å². The number of piperidine rings is 1. The molecule has 8 heteroatoms. The number of rotatable bonds is 3. The Morgan fingerprint density at radius 2 is 2.12 bits per heavy atom. The van der Waals surface area contributed by atoms with E-state index in [9.17, 15) is 4.79 Å². The van der Waals surface area contributed by atoms with Crippen molar-refractivity contribution >= 4 is 28.7 Å². The quantitative estimate of drug-likeness (QED) is 0.816. The molecule has 0 unspecified atom stereocenters. The van der Waals surface area contributed by atoms with Gasteiger partial charge in [0.1, 0.15) is 22.7 Å². The summed E-state index contributed by atoms with van der Waals surface area (Å²) in [5.74, 6) is 0. The Morgan fingerprint density at radius 3 is 2.80 bits per heavy atom. The largest absolute Gasteiger partial charge is 0.444 e. The highest BCUT2D eigenvalue weighted by atomic mass is 35.5. The summed E-state index contributed by atoms with van der Waals surface area (Å²) in [4.78, 5) is 25.6. The zero-order valence-electron chi connectivity index (χ0n) is 14.8. The summed E-state index contributed by atoms with van der Waals surface area (Å²) in [7, 11) is 0. The number of H-pyrrole nitrogens is 1. The lowest BCUT2D eigenvalue weighted by Crippen LogP contribution is -2.45. The van der Waals surface area contributed by atoms with Gasteiger partial charge in [0.15, 0.2) is 0 Å². The number of aromatic amines is 1. The highest BCUT2D eigenvalue weighted by Gasteiger charge is 2.24. The topological polar surface area (TPSA) is 83.1 Å².